The first kappa shape index (κ1) is 14.8. The van der Waals surface area contributed by atoms with Gasteiger partial charge in [0.05, 0.1) is 9.95 Å². The summed E-state index contributed by atoms with van der Waals surface area (Å²) in [5, 5.41) is 23.6. The second kappa shape index (κ2) is 5.80. The molecule has 8 nitrogen and oxygen atoms in total. The van der Waals surface area contributed by atoms with Gasteiger partial charge in [-0.1, -0.05) is 17.7 Å². The van der Waals surface area contributed by atoms with Gasteiger partial charge in [0.2, 0.25) is 5.69 Å². The third kappa shape index (κ3) is 3.29. The van der Waals surface area contributed by atoms with Crippen LogP contribution in [0.25, 0.3) is 0 Å². The summed E-state index contributed by atoms with van der Waals surface area (Å²) in [5.41, 5.74) is -0.313. The fourth-order valence-corrected chi connectivity index (χ4v) is 1.79. The fourth-order valence-electron chi connectivity index (χ4n) is 1.62. The number of rotatable bonds is 5. The molecule has 0 saturated heterocycles. The van der Waals surface area contributed by atoms with Crippen LogP contribution < -0.4 is 4.74 Å². The summed E-state index contributed by atoms with van der Waals surface area (Å²) in [6.07, 6.45) is 0.993. The van der Waals surface area contributed by atoms with Gasteiger partial charge in [0.15, 0.2) is 6.73 Å². The maximum Gasteiger partial charge on any atom is 0.363 e. The molecule has 21 heavy (non-hydrogen) atoms. The summed E-state index contributed by atoms with van der Waals surface area (Å²) in [4.78, 5) is 20.8. The highest BCUT2D eigenvalue weighted by atomic mass is 35.5. The number of carbonyl (C=O) groups is 1. The molecule has 1 N–H and O–H groups in total. The first-order valence-electron chi connectivity index (χ1n) is 5.72. The van der Waals surface area contributed by atoms with E-state index in [-0.39, 0.29) is 6.73 Å². The minimum absolute atomic E-state index is 0.197. The van der Waals surface area contributed by atoms with E-state index in [0.717, 1.165) is 16.4 Å². The third-order valence-corrected chi connectivity index (χ3v) is 2.89. The summed E-state index contributed by atoms with van der Waals surface area (Å²) >= 11 is 5.94. The van der Waals surface area contributed by atoms with Gasteiger partial charge in [-0.3, -0.25) is 10.1 Å². The number of nitro groups is 1. The zero-order valence-corrected chi connectivity index (χ0v) is 11.6. The van der Waals surface area contributed by atoms with Gasteiger partial charge in [0.25, 0.3) is 0 Å². The van der Waals surface area contributed by atoms with Crippen LogP contribution in [0.1, 0.15) is 16.1 Å². The van der Waals surface area contributed by atoms with Crippen LogP contribution in [0.3, 0.4) is 0 Å². The maximum absolute atomic E-state index is 10.9. The van der Waals surface area contributed by atoms with Gasteiger partial charge in [0.1, 0.15) is 11.9 Å². The number of hydrogen-bond acceptors (Lipinski definition) is 5. The fraction of sp³-hybridized carbons (Fsp3) is 0.167. The van der Waals surface area contributed by atoms with E-state index in [4.69, 9.17) is 21.4 Å². The average Bonchev–Trinajstić information content (AvgIpc) is 2.84. The van der Waals surface area contributed by atoms with Gasteiger partial charge < -0.3 is 9.84 Å². The van der Waals surface area contributed by atoms with Crippen LogP contribution in [0.2, 0.25) is 5.02 Å². The molecule has 110 valence electrons. The lowest BCUT2D eigenvalue weighted by Crippen LogP contribution is -2.08. The minimum Gasteiger partial charge on any atom is -0.476 e. The summed E-state index contributed by atoms with van der Waals surface area (Å²) in [5.74, 6) is -1.10. The Morgan fingerprint density at radius 1 is 1.57 bits per heavy atom. The molecular formula is C12H10ClN3O5. The normalized spacial score (nSPS) is 10.4. The monoisotopic (exact) mass is 311 g/mol. The first-order chi connectivity index (χ1) is 9.88. The first-order valence-corrected chi connectivity index (χ1v) is 6.10. The standard InChI is InChI=1S/C12H10ClN3O5/c1-7-2-3-8(13)10(4-7)21-6-15-5-9(16(19)20)11(14-15)12(17)18/h2-5H,6H2,1H3,(H,17,18). The molecule has 9 heteroatoms. The number of carboxylic acid groups (broad SMARTS) is 1. The van der Waals surface area contributed by atoms with Crippen molar-refractivity contribution in [2.75, 3.05) is 0 Å². The topological polar surface area (TPSA) is 107 Å². The molecule has 2 aromatic rings. The van der Waals surface area contributed by atoms with Crippen molar-refractivity contribution in [3.63, 3.8) is 0 Å². The smallest absolute Gasteiger partial charge is 0.363 e. The van der Waals surface area contributed by atoms with E-state index in [1.54, 1.807) is 18.2 Å². The molecule has 0 aliphatic carbocycles. The molecule has 0 aliphatic rings. The lowest BCUT2D eigenvalue weighted by molar-refractivity contribution is -0.385. The van der Waals surface area contributed by atoms with Crippen molar-refractivity contribution in [1.82, 2.24) is 9.78 Å². The molecule has 1 aromatic heterocycles. The van der Waals surface area contributed by atoms with E-state index in [1.165, 1.54) is 0 Å². The van der Waals surface area contributed by atoms with Crippen LogP contribution in [-0.4, -0.2) is 25.8 Å². The molecule has 0 bridgehead atoms. The van der Waals surface area contributed by atoms with Crippen molar-refractivity contribution < 1.29 is 19.6 Å². The molecule has 1 aromatic carbocycles. The Morgan fingerprint density at radius 3 is 2.86 bits per heavy atom. The molecular weight excluding hydrogens is 302 g/mol. The van der Waals surface area contributed by atoms with Crippen molar-refractivity contribution in [3.05, 3.63) is 50.8 Å². The van der Waals surface area contributed by atoms with Crippen LogP contribution in [0.4, 0.5) is 5.69 Å². The number of aromatic nitrogens is 2. The number of aryl methyl sites for hydroxylation is 1. The van der Waals surface area contributed by atoms with Gasteiger partial charge in [-0.2, -0.15) is 5.10 Å². The van der Waals surface area contributed by atoms with Crippen LogP contribution in [0, 0.1) is 17.0 Å². The maximum atomic E-state index is 10.9. The van der Waals surface area contributed by atoms with Crippen molar-refractivity contribution in [3.8, 4) is 5.75 Å². The molecule has 0 spiro atoms. The average molecular weight is 312 g/mol. The predicted octanol–water partition coefficient (Wildman–Crippen LogP) is 2.49. The molecule has 1 heterocycles. The molecule has 0 unspecified atom stereocenters. The quantitative estimate of drug-likeness (QED) is 0.671. The Labute approximate surface area is 123 Å². The van der Waals surface area contributed by atoms with E-state index in [0.29, 0.717) is 10.8 Å². The number of halogens is 1. The largest absolute Gasteiger partial charge is 0.476 e. The van der Waals surface area contributed by atoms with Crippen molar-refractivity contribution in [2.45, 2.75) is 13.7 Å². The summed E-state index contributed by atoms with van der Waals surface area (Å²) in [7, 11) is 0. The third-order valence-electron chi connectivity index (χ3n) is 2.58. The van der Waals surface area contributed by atoms with Crippen LogP contribution in [0.5, 0.6) is 5.75 Å². The Bertz CT molecular complexity index is 681. The van der Waals surface area contributed by atoms with E-state index in [9.17, 15) is 14.9 Å². The van der Waals surface area contributed by atoms with Crippen LogP contribution >= 0.6 is 11.6 Å². The Kier molecular flexibility index (Phi) is 4.08. The van der Waals surface area contributed by atoms with Crippen molar-refractivity contribution >= 4 is 23.3 Å². The zero-order valence-electron chi connectivity index (χ0n) is 10.8. The minimum atomic E-state index is -1.48. The van der Waals surface area contributed by atoms with Crippen LogP contribution in [-0.2, 0) is 6.73 Å². The van der Waals surface area contributed by atoms with E-state index in [1.807, 2.05) is 6.92 Å². The number of aromatic carboxylic acids is 1. The van der Waals surface area contributed by atoms with Crippen molar-refractivity contribution in [1.29, 1.82) is 0 Å². The number of hydrogen-bond donors (Lipinski definition) is 1. The molecule has 2 rings (SSSR count). The molecule has 0 radical (unpaired) electrons. The summed E-state index contributed by atoms with van der Waals surface area (Å²) in [6, 6.07) is 5.15. The highest BCUT2D eigenvalue weighted by molar-refractivity contribution is 6.32. The lowest BCUT2D eigenvalue weighted by atomic mass is 10.2. The van der Waals surface area contributed by atoms with Gasteiger partial charge in [0, 0.05) is 0 Å². The second-order valence-electron chi connectivity index (χ2n) is 4.17. The van der Waals surface area contributed by atoms with E-state index >= 15 is 0 Å². The van der Waals surface area contributed by atoms with E-state index < -0.39 is 22.3 Å². The molecule has 0 atom stereocenters. The molecule has 0 amide bonds. The number of carboxylic acids is 1. The predicted molar refractivity (Wildman–Crippen MR) is 72.7 cm³/mol. The Morgan fingerprint density at radius 2 is 2.29 bits per heavy atom. The highest BCUT2D eigenvalue weighted by Crippen LogP contribution is 2.26. The molecule has 0 aliphatic heterocycles. The SMILES string of the molecule is Cc1ccc(Cl)c(OCn2cc([N+](=O)[O-])c(C(=O)O)n2)c1. The Balaban J connectivity index is 2.20. The zero-order chi connectivity index (χ0) is 15.6. The molecule has 0 fully saturated rings. The summed E-state index contributed by atoms with van der Waals surface area (Å²) in [6.45, 7) is 1.65. The number of benzene rings is 1. The van der Waals surface area contributed by atoms with Gasteiger partial charge in [-0.05, 0) is 24.6 Å². The van der Waals surface area contributed by atoms with Gasteiger partial charge >= 0.3 is 11.7 Å². The number of nitrogens with zero attached hydrogens (tertiary/aromatic N) is 3. The summed E-state index contributed by atoms with van der Waals surface area (Å²) < 4.78 is 6.41. The Hall–Kier alpha value is -2.61. The highest BCUT2D eigenvalue weighted by Gasteiger charge is 2.25. The van der Waals surface area contributed by atoms with E-state index in [2.05, 4.69) is 5.10 Å². The van der Waals surface area contributed by atoms with Gasteiger partial charge in [-0.25, -0.2) is 9.48 Å². The molecule has 0 saturated carbocycles. The van der Waals surface area contributed by atoms with Gasteiger partial charge in [-0.15, -0.1) is 0 Å². The van der Waals surface area contributed by atoms with Crippen LogP contribution in [0.15, 0.2) is 24.4 Å². The number of ether oxygens (including phenoxy) is 1. The lowest BCUT2D eigenvalue weighted by Gasteiger charge is -2.08. The second-order valence-corrected chi connectivity index (χ2v) is 4.58. The van der Waals surface area contributed by atoms with Crippen molar-refractivity contribution in [2.24, 2.45) is 0 Å².